The largest absolute Gasteiger partial charge is 0.295 e. The molecule has 0 bridgehead atoms. The Hall–Kier alpha value is -0.590. The fraction of sp³-hybridized carbons (Fsp3) is 0.800. The van der Waals surface area contributed by atoms with Crippen molar-refractivity contribution in [2.45, 2.75) is 67.2 Å². The van der Waals surface area contributed by atoms with Crippen molar-refractivity contribution in [3.63, 3.8) is 0 Å². The van der Waals surface area contributed by atoms with Gasteiger partial charge >= 0.3 is 0 Å². The average molecular weight is 224 g/mol. The average Bonchev–Trinajstić information content (AvgIpc) is 2.08. The van der Waals surface area contributed by atoms with Gasteiger partial charge in [-0.25, -0.2) is 0 Å². The van der Waals surface area contributed by atoms with Crippen LogP contribution in [0.4, 0.5) is 0 Å². The molecule has 1 unspecified atom stereocenters. The molecule has 1 nitrogen and oxygen atoms in total. The van der Waals surface area contributed by atoms with Crippen LogP contribution in [0.25, 0.3) is 0 Å². The number of rotatable bonds is 6. The van der Waals surface area contributed by atoms with Gasteiger partial charge in [-0.3, -0.25) is 4.79 Å². The number of Topliss-reactive ketones (excluding diaryl/α,β-unsaturated/α-hetero) is 1. The minimum Gasteiger partial charge on any atom is -0.295 e. The lowest BCUT2D eigenvalue weighted by Gasteiger charge is -2.22. The van der Waals surface area contributed by atoms with Crippen molar-refractivity contribution < 1.29 is 4.79 Å². The molecule has 0 saturated carbocycles. The first kappa shape index (κ1) is 15.4. The zero-order valence-electron chi connectivity index (χ0n) is 11.9. The molecular weight excluding hydrogens is 196 g/mol. The van der Waals surface area contributed by atoms with Crippen molar-refractivity contribution in [3.05, 3.63) is 11.6 Å². The summed E-state index contributed by atoms with van der Waals surface area (Å²) in [7, 11) is 0. The van der Waals surface area contributed by atoms with Crippen LogP contribution in [0.5, 0.6) is 0 Å². The van der Waals surface area contributed by atoms with Crippen LogP contribution in [-0.2, 0) is 4.79 Å². The topological polar surface area (TPSA) is 17.1 Å². The smallest absolute Gasteiger partial charge is 0.155 e. The van der Waals surface area contributed by atoms with Gasteiger partial charge < -0.3 is 0 Å². The minimum absolute atomic E-state index is 0.241. The minimum atomic E-state index is 0.241. The van der Waals surface area contributed by atoms with E-state index in [4.69, 9.17) is 0 Å². The molecule has 0 N–H and O–H groups in total. The number of hydrogen-bond acceptors (Lipinski definition) is 1. The molecular formula is C15H28O. The van der Waals surface area contributed by atoms with Gasteiger partial charge in [-0.1, -0.05) is 47.1 Å². The fourth-order valence-electron chi connectivity index (χ4n) is 2.16. The van der Waals surface area contributed by atoms with Crippen molar-refractivity contribution in [1.82, 2.24) is 0 Å². The Morgan fingerprint density at radius 1 is 1.31 bits per heavy atom. The predicted octanol–water partition coefficient (Wildman–Crippen LogP) is 4.76. The van der Waals surface area contributed by atoms with E-state index < -0.39 is 0 Å². The van der Waals surface area contributed by atoms with E-state index in [1.807, 2.05) is 0 Å². The molecule has 0 aromatic heterocycles. The van der Waals surface area contributed by atoms with Crippen LogP contribution >= 0.6 is 0 Å². The van der Waals surface area contributed by atoms with E-state index in [1.54, 1.807) is 6.92 Å². The highest BCUT2D eigenvalue weighted by atomic mass is 16.1. The number of carbonyl (C=O) groups excluding carboxylic acids is 1. The third-order valence-electron chi connectivity index (χ3n) is 2.70. The van der Waals surface area contributed by atoms with E-state index >= 15 is 0 Å². The van der Waals surface area contributed by atoms with E-state index in [0.29, 0.717) is 11.3 Å². The fourth-order valence-corrected chi connectivity index (χ4v) is 2.16. The molecule has 0 radical (unpaired) electrons. The van der Waals surface area contributed by atoms with Crippen LogP contribution in [0.3, 0.4) is 0 Å². The van der Waals surface area contributed by atoms with Crippen LogP contribution in [0, 0.1) is 11.3 Å². The van der Waals surface area contributed by atoms with Crippen molar-refractivity contribution in [2.24, 2.45) is 11.3 Å². The van der Waals surface area contributed by atoms with Gasteiger partial charge in [0.25, 0.3) is 0 Å². The summed E-state index contributed by atoms with van der Waals surface area (Å²) >= 11 is 0. The number of hydrogen-bond donors (Lipinski definition) is 0. The van der Waals surface area contributed by atoms with Gasteiger partial charge in [0.2, 0.25) is 0 Å². The van der Waals surface area contributed by atoms with E-state index in [1.165, 1.54) is 6.42 Å². The number of allylic oxidation sites excluding steroid dienone is 2. The first-order valence-corrected chi connectivity index (χ1v) is 6.46. The summed E-state index contributed by atoms with van der Waals surface area (Å²) in [5.41, 5.74) is 1.40. The van der Waals surface area contributed by atoms with Crippen LogP contribution in [0.15, 0.2) is 11.6 Å². The van der Waals surface area contributed by atoms with Gasteiger partial charge in [-0.05, 0) is 43.1 Å². The summed E-state index contributed by atoms with van der Waals surface area (Å²) in [4.78, 5) is 11.4. The summed E-state index contributed by atoms with van der Waals surface area (Å²) < 4.78 is 0. The second-order valence-electron chi connectivity index (χ2n) is 6.14. The molecule has 0 aromatic carbocycles. The van der Waals surface area contributed by atoms with Gasteiger partial charge in [0.05, 0.1) is 0 Å². The Kier molecular flexibility index (Phi) is 6.62. The zero-order valence-corrected chi connectivity index (χ0v) is 11.9. The second-order valence-corrected chi connectivity index (χ2v) is 6.14. The first-order valence-electron chi connectivity index (χ1n) is 6.46. The lowest BCUT2D eigenvalue weighted by atomic mass is 9.84. The second kappa shape index (κ2) is 6.88. The molecule has 0 aromatic rings. The van der Waals surface area contributed by atoms with Crippen LogP contribution in [0.1, 0.15) is 67.2 Å². The summed E-state index contributed by atoms with van der Waals surface area (Å²) in [6.45, 7) is 12.9. The highest BCUT2D eigenvalue weighted by Crippen LogP contribution is 2.26. The van der Waals surface area contributed by atoms with Crippen molar-refractivity contribution >= 4 is 5.78 Å². The van der Waals surface area contributed by atoms with Crippen molar-refractivity contribution in [3.8, 4) is 0 Å². The summed E-state index contributed by atoms with van der Waals surface area (Å²) in [5.74, 6) is 0.899. The van der Waals surface area contributed by atoms with Crippen molar-refractivity contribution in [2.75, 3.05) is 0 Å². The maximum Gasteiger partial charge on any atom is 0.155 e. The molecule has 1 heteroatoms. The van der Waals surface area contributed by atoms with Gasteiger partial charge in [0.15, 0.2) is 5.78 Å². The van der Waals surface area contributed by atoms with E-state index in [9.17, 15) is 4.79 Å². The Balaban J connectivity index is 4.26. The third-order valence-corrected chi connectivity index (χ3v) is 2.70. The highest BCUT2D eigenvalue weighted by Gasteiger charge is 2.14. The quantitative estimate of drug-likeness (QED) is 0.594. The van der Waals surface area contributed by atoms with Crippen LogP contribution < -0.4 is 0 Å². The zero-order chi connectivity index (χ0) is 12.8. The maximum atomic E-state index is 11.4. The Bertz CT molecular complexity index is 243. The maximum absolute atomic E-state index is 11.4. The molecule has 0 aliphatic carbocycles. The van der Waals surface area contributed by atoms with E-state index in [2.05, 4.69) is 40.7 Å². The summed E-state index contributed by atoms with van der Waals surface area (Å²) in [6, 6.07) is 0. The van der Waals surface area contributed by atoms with Gasteiger partial charge in [0, 0.05) is 0 Å². The molecule has 0 spiro atoms. The lowest BCUT2D eigenvalue weighted by Crippen LogP contribution is -2.10. The monoisotopic (exact) mass is 224 g/mol. The first-order chi connectivity index (χ1) is 7.26. The normalized spacial score (nSPS) is 15.0. The molecule has 0 rings (SSSR count). The molecule has 0 aliphatic heterocycles. The molecule has 1 atom stereocenters. The Morgan fingerprint density at radius 2 is 1.88 bits per heavy atom. The number of carbonyl (C=O) groups is 1. The van der Waals surface area contributed by atoms with Crippen LogP contribution in [0.2, 0.25) is 0 Å². The van der Waals surface area contributed by atoms with Crippen molar-refractivity contribution in [1.29, 1.82) is 0 Å². The SMILES string of the molecule is CCCC(=CCC(C)CC(C)(C)C)C(C)=O. The third kappa shape index (κ3) is 7.67. The molecule has 0 fully saturated rings. The molecule has 94 valence electrons. The van der Waals surface area contributed by atoms with E-state index in [-0.39, 0.29) is 5.78 Å². The number of ketones is 1. The highest BCUT2D eigenvalue weighted by molar-refractivity contribution is 5.93. The molecule has 0 heterocycles. The molecule has 0 aliphatic rings. The summed E-state index contributed by atoms with van der Waals surface area (Å²) in [5, 5.41) is 0. The van der Waals surface area contributed by atoms with Gasteiger partial charge in [-0.2, -0.15) is 0 Å². The molecule has 0 saturated heterocycles. The van der Waals surface area contributed by atoms with Gasteiger partial charge in [-0.15, -0.1) is 0 Å². The summed E-state index contributed by atoms with van der Waals surface area (Å²) in [6.07, 6.45) is 6.38. The lowest BCUT2D eigenvalue weighted by molar-refractivity contribution is -0.113. The Labute approximate surface area is 101 Å². The molecule has 16 heavy (non-hydrogen) atoms. The van der Waals surface area contributed by atoms with Crippen LogP contribution in [-0.4, -0.2) is 5.78 Å². The predicted molar refractivity (Wildman–Crippen MR) is 71.5 cm³/mol. The molecule has 0 amide bonds. The van der Waals surface area contributed by atoms with Gasteiger partial charge in [0.1, 0.15) is 0 Å². The Morgan fingerprint density at radius 3 is 2.25 bits per heavy atom. The van der Waals surface area contributed by atoms with E-state index in [0.717, 1.165) is 24.8 Å². The standard InChI is InChI=1S/C15H28O/c1-7-8-14(13(3)16)10-9-12(2)11-15(4,5)6/h10,12H,7-9,11H2,1-6H3.